The van der Waals surface area contributed by atoms with Crippen molar-refractivity contribution >= 4 is 10.0 Å². The van der Waals surface area contributed by atoms with Gasteiger partial charge < -0.3 is 10.6 Å². The number of halogens is 1. The quantitative estimate of drug-likeness (QED) is 0.791. The third-order valence-corrected chi connectivity index (χ3v) is 5.62. The molecule has 1 aromatic carbocycles. The van der Waals surface area contributed by atoms with E-state index in [9.17, 15) is 12.8 Å². The summed E-state index contributed by atoms with van der Waals surface area (Å²) in [5, 5.41) is 0. The van der Waals surface area contributed by atoms with Gasteiger partial charge in [-0.05, 0) is 50.2 Å². The number of hydrogen-bond donors (Lipinski definition) is 1. The first-order chi connectivity index (χ1) is 10.0. The van der Waals surface area contributed by atoms with Crippen LogP contribution in [0, 0.1) is 5.82 Å². The van der Waals surface area contributed by atoms with E-state index >= 15 is 0 Å². The van der Waals surface area contributed by atoms with Gasteiger partial charge in [-0.1, -0.05) is 0 Å². The molecule has 1 heterocycles. The van der Waals surface area contributed by atoms with Gasteiger partial charge in [-0.3, -0.25) is 0 Å². The maximum Gasteiger partial charge on any atom is 0.243 e. The molecule has 0 bridgehead atoms. The molecule has 0 aromatic heterocycles. The molecule has 118 valence electrons. The van der Waals surface area contributed by atoms with Crippen molar-refractivity contribution in [2.24, 2.45) is 5.73 Å². The van der Waals surface area contributed by atoms with Crippen LogP contribution in [0.5, 0.6) is 0 Å². The summed E-state index contributed by atoms with van der Waals surface area (Å²) in [6.45, 7) is 4.06. The number of sulfonamides is 1. The first kappa shape index (κ1) is 16.4. The molecule has 1 aliphatic heterocycles. The Balaban J connectivity index is 1.93. The van der Waals surface area contributed by atoms with Crippen LogP contribution in [0.3, 0.4) is 0 Å². The summed E-state index contributed by atoms with van der Waals surface area (Å²) in [6.07, 6.45) is 2.04. The van der Waals surface area contributed by atoms with Gasteiger partial charge in [-0.25, -0.2) is 12.8 Å². The Morgan fingerprint density at radius 2 is 1.67 bits per heavy atom. The average Bonchev–Trinajstić information content (AvgIpc) is 2.48. The number of unbranched alkanes of at least 4 members (excludes halogenated alkanes) is 1. The molecule has 1 aliphatic rings. The van der Waals surface area contributed by atoms with Gasteiger partial charge in [-0.15, -0.1) is 0 Å². The zero-order valence-corrected chi connectivity index (χ0v) is 12.9. The maximum atomic E-state index is 12.9. The highest BCUT2D eigenvalue weighted by Crippen LogP contribution is 2.18. The molecule has 2 rings (SSSR count). The molecule has 7 heteroatoms. The molecule has 1 fully saturated rings. The Labute approximate surface area is 125 Å². The number of hydrogen-bond acceptors (Lipinski definition) is 4. The van der Waals surface area contributed by atoms with Crippen molar-refractivity contribution in [3.63, 3.8) is 0 Å². The summed E-state index contributed by atoms with van der Waals surface area (Å²) in [6, 6.07) is 4.99. The number of nitrogens with zero attached hydrogens (tertiary/aromatic N) is 2. The van der Waals surface area contributed by atoms with Gasteiger partial charge in [0.1, 0.15) is 5.82 Å². The van der Waals surface area contributed by atoms with Crippen molar-refractivity contribution in [3.8, 4) is 0 Å². The predicted molar refractivity (Wildman–Crippen MR) is 79.9 cm³/mol. The second-order valence-electron chi connectivity index (χ2n) is 5.20. The van der Waals surface area contributed by atoms with E-state index in [2.05, 4.69) is 4.90 Å². The van der Waals surface area contributed by atoms with Crippen LogP contribution in [-0.4, -0.2) is 56.9 Å². The Hall–Kier alpha value is -1.02. The lowest BCUT2D eigenvalue weighted by atomic mass is 10.2. The fourth-order valence-electron chi connectivity index (χ4n) is 2.43. The average molecular weight is 315 g/mol. The minimum atomic E-state index is -3.51. The highest BCUT2D eigenvalue weighted by molar-refractivity contribution is 7.89. The molecule has 0 spiro atoms. The van der Waals surface area contributed by atoms with E-state index in [-0.39, 0.29) is 4.90 Å². The second kappa shape index (κ2) is 7.31. The molecule has 21 heavy (non-hydrogen) atoms. The van der Waals surface area contributed by atoms with E-state index in [1.807, 2.05) is 0 Å². The van der Waals surface area contributed by atoms with E-state index in [1.165, 1.54) is 28.6 Å². The van der Waals surface area contributed by atoms with E-state index in [4.69, 9.17) is 5.73 Å². The topological polar surface area (TPSA) is 66.6 Å². The summed E-state index contributed by atoms with van der Waals surface area (Å²) in [5.74, 6) is -0.432. The highest BCUT2D eigenvalue weighted by Gasteiger charge is 2.28. The standard InChI is InChI=1S/C14H22FN3O2S/c15-13-3-5-14(6-4-13)21(19,20)18-11-9-17(10-12-18)8-2-1-7-16/h3-6H,1-2,7-12,16H2. The fourth-order valence-corrected chi connectivity index (χ4v) is 3.85. The Kier molecular flexibility index (Phi) is 5.69. The van der Waals surface area contributed by atoms with Crippen molar-refractivity contribution in [3.05, 3.63) is 30.1 Å². The van der Waals surface area contributed by atoms with E-state index < -0.39 is 15.8 Å². The van der Waals surface area contributed by atoms with Crippen LogP contribution >= 0.6 is 0 Å². The van der Waals surface area contributed by atoms with Gasteiger partial charge in [0.2, 0.25) is 10.0 Å². The molecule has 1 aromatic rings. The van der Waals surface area contributed by atoms with E-state index in [1.54, 1.807) is 0 Å². The predicted octanol–water partition coefficient (Wildman–Crippen LogP) is 0.871. The van der Waals surface area contributed by atoms with Gasteiger partial charge in [0.15, 0.2) is 0 Å². The third-order valence-electron chi connectivity index (χ3n) is 3.71. The van der Waals surface area contributed by atoms with Crippen LogP contribution in [0.25, 0.3) is 0 Å². The second-order valence-corrected chi connectivity index (χ2v) is 7.13. The monoisotopic (exact) mass is 315 g/mol. The number of piperazine rings is 1. The number of rotatable bonds is 6. The third kappa shape index (κ3) is 4.23. The molecule has 5 nitrogen and oxygen atoms in total. The number of benzene rings is 1. The summed E-state index contributed by atoms with van der Waals surface area (Å²) >= 11 is 0. The van der Waals surface area contributed by atoms with Crippen LogP contribution in [-0.2, 0) is 10.0 Å². The summed E-state index contributed by atoms with van der Waals surface area (Å²) in [7, 11) is -3.51. The lowest BCUT2D eigenvalue weighted by Crippen LogP contribution is -2.48. The largest absolute Gasteiger partial charge is 0.330 e. The van der Waals surface area contributed by atoms with Crippen molar-refractivity contribution in [2.45, 2.75) is 17.7 Å². The van der Waals surface area contributed by atoms with Crippen molar-refractivity contribution in [1.29, 1.82) is 0 Å². The van der Waals surface area contributed by atoms with Crippen molar-refractivity contribution < 1.29 is 12.8 Å². The van der Waals surface area contributed by atoms with Crippen LogP contribution < -0.4 is 5.73 Å². The van der Waals surface area contributed by atoms with Gasteiger partial charge >= 0.3 is 0 Å². The molecule has 0 aliphatic carbocycles. The summed E-state index contributed by atoms with van der Waals surface area (Å²) in [4.78, 5) is 2.41. The minimum Gasteiger partial charge on any atom is -0.330 e. The van der Waals surface area contributed by atoms with Gasteiger partial charge in [-0.2, -0.15) is 4.31 Å². The van der Waals surface area contributed by atoms with Crippen LogP contribution in [0.1, 0.15) is 12.8 Å². The van der Waals surface area contributed by atoms with Crippen molar-refractivity contribution in [2.75, 3.05) is 39.3 Å². The highest BCUT2D eigenvalue weighted by atomic mass is 32.2. The van der Waals surface area contributed by atoms with E-state index in [0.717, 1.165) is 32.5 Å². The molecular weight excluding hydrogens is 293 g/mol. The molecule has 0 amide bonds. The SMILES string of the molecule is NCCCCN1CCN(S(=O)(=O)c2ccc(F)cc2)CC1. The lowest BCUT2D eigenvalue weighted by Gasteiger charge is -2.33. The molecule has 2 N–H and O–H groups in total. The zero-order chi connectivity index (χ0) is 15.3. The molecule has 0 radical (unpaired) electrons. The van der Waals surface area contributed by atoms with Gasteiger partial charge in [0.25, 0.3) is 0 Å². The van der Waals surface area contributed by atoms with E-state index in [0.29, 0.717) is 19.6 Å². The molecule has 0 saturated carbocycles. The molecular formula is C14H22FN3O2S. The van der Waals surface area contributed by atoms with Gasteiger partial charge in [0, 0.05) is 26.2 Å². The van der Waals surface area contributed by atoms with Crippen LogP contribution in [0.4, 0.5) is 4.39 Å². The summed E-state index contributed by atoms with van der Waals surface area (Å²) in [5.41, 5.74) is 5.47. The zero-order valence-electron chi connectivity index (χ0n) is 12.0. The fraction of sp³-hybridized carbons (Fsp3) is 0.571. The van der Waals surface area contributed by atoms with Crippen molar-refractivity contribution in [1.82, 2.24) is 9.21 Å². The Morgan fingerprint density at radius 3 is 2.24 bits per heavy atom. The first-order valence-corrected chi connectivity index (χ1v) is 8.66. The maximum absolute atomic E-state index is 12.9. The minimum absolute atomic E-state index is 0.153. The summed E-state index contributed by atoms with van der Waals surface area (Å²) < 4.78 is 39.2. The molecule has 0 unspecified atom stereocenters. The van der Waals surface area contributed by atoms with Crippen LogP contribution in [0.15, 0.2) is 29.2 Å². The molecule has 1 saturated heterocycles. The first-order valence-electron chi connectivity index (χ1n) is 7.22. The number of nitrogens with two attached hydrogens (primary N) is 1. The smallest absolute Gasteiger partial charge is 0.243 e. The lowest BCUT2D eigenvalue weighted by molar-refractivity contribution is 0.186. The normalized spacial score (nSPS) is 18.0. The molecule has 0 atom stereocenters. The van der Waals surface area contributed by atoms with Gasteiger partial charge in [0.05, 0.1) is 4.90 Å². The van der Waals surface area contributed by atoms with Crippen LogP contribution in [0.2, 0.25) is 0 Å². The Morgan fingerprint density at radius 1 is 1.05 bits per heavy atom. The Bertz CT molecular complexity index is 540.